The van der Waals surface area contributed by atoms with Gasteiger partial charge in [-0.25, -0.2) is 0 Å². The third-order valence-electron chi connectivity index (χ3n) is 3.80. The van der Waals surface area contributed by atoms with E-state index in [2.05, 4.69) is 0 Å². The molecule has 1 atom stereocenters. The zero-order valence-electron chi connectivity index (χ0n) is 10.5. The molecule has 0 aromatic carbocycles. The van der Waals surface area contributed by atoms with Gasteiger partial charge in [-0.2, -0.15) is 0 Å². The molecule has 2 fully saturated rings. The molecule has 2 aliphatic rings. The third-order valence-corrected chi connectivity index (χ3v) is 3.80. The van der Waals surface area contributed by atoms with Gasteiger partial charge in [0.05, 0.1) is 12.5 Å². The molecule has 0 aromatic rings. The van der Waals surface area contributed by atoms with Crippen molar-refractivity contribution in [2.24, 2.45) is 5.73 Å². The number of carbonyl (C=O) groups is 1. The van der Waals surface area contributed by atoms with Gasteiger partial charge >= 0.3 is 5.97 Å². The van der Waals surface area contributed by atoms with E-state index in [4.69, 9.17) is 15.2 Å². The molecule has 0 bridgehead atoms. The van der Waals surface area contributed by atoms with Crippen LogP contribution >= 0.6 is 0 Å². The van der Waals surface area contributed by atoms with Crippen molar-refractivity contribution in [3.05, 3.63) is 0 Å². The van der Waals surface area contributed by atoms with Gasteiger partial charge in [-0.05, 0) is 32.1 Å². The second-order valence-corrected chi connectivity index (χ2v) is 5.42. The van der Waals surface area contributed by atoms with Gasteiger partial charge in [0, 0.05) is 12.1 Å². The van der Waals surface area contributed by atoms with E-state index in [0.29, 0.717) is 13.0 Å². The van der Waals surface area contributed by atoms with Gasteiger partial charge in [0.1, 0.15) is 6.61 Å². The summed E-state index contributed by atoms with van der Waals surface area (Å²) in [6, 6.07) is 0. The smallest absolute Gasteiger partial charge is 0.307 e. The second kappa shape index (κ2) is 5.83. The molecule has 1 saturated heterocycles. The van der Waals surface area contributed by atoms with Crippen molar-refractivity contribution < 1.29 is 14.3 Å². The van der Waals surface area contributed by atoms with Crippen LogP contribution in [-0.2, 0) is 14.3 Å². The molecule has 0 amide bonds. The number of hydrogen-bond donors (Lipinski definition) is 1. The highest BCUT2D eigenvalue weighted by Gasteiger charge is 2.32. The SMILES string of the molecule is NC1(CC(=O)OCC2CCCCO2)CCCC1. The van der Waals surface area contributed by atoms with E-state index in [1.54, 1.807) is 0 Å². The Labute approximate surface area is 103 Å². The van der Waals surface area contributed by atoms with Crippen LogP contribution in [0.15, 0.2) is 0 Å². The van der Waals surface area contributed by atoms with Crippen LogP contribution in [-0.4, -0.2) is 30.8 Å². The predicted molar refractivity (Wildman–Crippen MR) is 64.6 cm³/mol. The summed E-state index contributed by atoms with van der Waals surface area (Å²) >= 11 is 0. The molecule has 2 rings (SSSR count). The van der Waals surface area contributed by atoms with E-state index in [0.717, 1.165) is 45.1 Å². The van der Waals surface area contributed by atoms with Crippen molar-refractivity contribution in [3.63, 3.8) is 0 Å². The summed E-state index contributed by atoms with van der Waals surface area (Å²) in [7, 11) is 0. The first-order valence-electron chi connectivity index (χ1n) is 6.74. The van der Waals surface area contributed by atoms with E-state index in [1.165, 1.54) is 6.42 Å². The van der Waals surface area contributed by atoms with Crippen molar-refractivity contribution in [2.75, 3.05) is 13.2 Å². The molecule has 4 nitrogen and oxygen atoms in total. The van der Waals surface area contributed by atoms with Gasteiger partial charge in [0.15, 0.2) is 0 Å². The third kappa shape index (κ3) is 3.96. The highest BCUT2D eigenvalue weighted by Crippen LogP contribution is 2.30. The maximum absolute atomic E-state index is 11.7. The van der Waals surface area contributed by atoms with Gasteiger partial charge < -0.3 is 15.2 Å². The van der Waals surface area contributed by atoms with E-state index in [-0.39, 0.29) is 17.6 Å². The Morgan fingerprint density at radius 2 is 2.06 bits per heavy atom. The number of carbonyl (C=O) groups excluding carboxylic acids is 1. The Balaban J connectivity index is 1.66. The van der Waals surface area contributed by atoms with Crippen molar-refractivity contribution in [2.45, 2.75) is 63.0 Å². The zero-order chi connectivity index (χ0) is 12.1. The number of esters is 1. The van der Waals surface area contributed by atoms with Crippen LogP contribution in [0.25, 0.3) is 0 Å². The fraction of sp³-hybridized carbons (Fsp3) is 0.923. The van der Waals surface area contributed by atoms with E-state index >= 15 is 0 Å². The maximum Gasteiger partial charge on any atom is 0.307 e. The van der Waals surface area contributed by atoms with Crippen LogP contribution in [0.2, 0.25) is 0 Å². The molecule has 2 N–H and O–H groups in total. The van der Waals surface area contributed by atoms with Crippen LogP contribution in [0.1, 0.15) is 51.4 Å². The quantitative estimate of drug-likeness (QED) is 0.762. The van der Waals surface area contributed by atoms with Gasteiger partial charge in [-0.15, -0.1) is 0 Å². The molecule has 0 radical (unpaired) electrons. The van der Waals surface area contributed by atoms with Gasteiger partial charge in [-0.3, -0.25) is 4.79 Å². The average molecular weight is 241 g/mol. The average Bonchev–Trinajstić information content (AvgIpc) is 2.74. The molecular formula is C13H23NO3. The fourth-order valence-corrected chi connectivity index (χ4v) is 2.72. The molecule has 17 heavy (non-hydrogen) atoms. The molecule has 0 aromatic heterocycles. The molecule has 1 saturated carbocycles. The van der Waals surface area contributed by atoms with Crippen molar-refractivity contribution >= 4 is 5.97 Å². The molecule has 1 heterocycles. The highest BCUT2D eigenvalue weighted by atomic mass is 16.6. The maximum atomic E-state index is 11.7. The normalized spacial score (nSPS) is 27.9. The summed E-state index contributed by atoms with van der Waals surface area (Å²) in [5, 5.41) is 0. The lowest BCUT2D eigenvalue weighted by Gasteiger charge is -2.24. The van der Waals surface area contributed by atoms with Crippen molar-refractivity contribution in [3.8, 4) is 0 Å². The topological polar surface area (TPSA) is 61.6 Å². The summed E-state index contributed by atoms with van der Waals surface area (Å²) in [6.07, 6.45) is 7.92. The van der Waals surface area contributed by atoms with Crippen molar-refractivity contribution in [1.82, 2.24) is 0 Å². The molecule has 0 spiro atoms. The summed E-state index contributed by atoms with van der Waals surface area (Å²) in [4.78, 5) is 11.7. The number of ether oxygens (including phenoxy) is 2. The van der Waals surface area contributed by atoms with Crippen LogP contribution < -0.4 is 5.73 Å². The van der Waals surface area contributed by atoms with Crippen LogP contribution in [0.5, 0.6) is 0 Å². The Morgan fingerprint density at radius 1 is 1.29 bits per heavy atom. The minimum atomic E-state index is -0.301. The van der Waals surface area contributed by atoms with E-state index in [1.807, 2.05) is 0 Å². The van der Waals surface area contributed by atoms with Crippen LogP contribution in [0, 0.1) is 0 Å². The lowest BCUT2D eigenvalue weighted by atomic mass is 9.95. The molecule has 4 heteroatoms. The van der Waals surface area contributed by atoms with Gasteiger partial charge in [0.25, 0.3) is 0 Å². The fourth-order valence-electron chi connectivity index (χ4n) is 2.72. The van der Waals surface area contributed by atoms with Gasteiger partial charge in [-0.1, -0.05) is 12.8 Å². The first kappa shape index (κ1) is 12.8. The zero-order valence-corrected chi connectivity index (χ0v) is 10.5. The summed E-state index contributed by atoms with van der Waals surface area (Å²) in [5.74, 6) is -0.163. The monoisotopic (exact) mass is 241 g/mol. The predicted octanol–water partition coefficient (Wildman–Crippen LogP) is 1.76. The Bertz CT molecular complexity index is 255. The lowest BCUT2D eigenvalue weighted by molar-refractivity contribution is -0.150. The standard InChI is InChI=1S/C13H23NO3/c14-13(6-2-3-7-13)9-12(15)17-10-11-5-1-4-8-16-11/h11H,1-10,14H2. The summed E-state index contributed by atoms with van der Waals surface area (Å²) < 4.78 is 10.8. The number of hydrogen-bond acceptors (Lipinski definition) is 4. The minimum absolute atomic E-state index is 0.102. The summed E-state index contributed by atoms with van der Waals surface area (Å²) in [6.45, 7) is 1.19. The molecule has 1 aliphatic carbocycles. The second-order valence-electron chi connectivity index (χ2n) is 5.42. The Morgan fingerprint density at radius 3 is 2.71 bits per heavy atom. The Hall–Kier alpha value is -0.610. The van der Waals surface area contributed by atoms with Crippen LogP contribution in [0.3, 0.4) is 0 Å². The van der Waals surface area contributed by atoms with Crippen molar-refractivity contribution in [1.29, 1.82) is 0 Å². The molecule has 98 valence electrons. The molecule has 1 unspecified atom stereocenters. The van der Waals surface area contributed by atoms with E-state index in [9.17, 15) is 4.79 Å². The largest absolute Gasteiger partial charge is 0.463 e. The number of rotatable bonds is 4. The molecule has 1 aliphatic heterocycles. The van der Waals surface area contributed by atoms with Gasteiger partial charge in [0.2, 0.25) is 0 Å². The number of nitrogens with two attached hydrogens (primary N) is 1. The highest BCUT2D eigenvalue weighted by molar-refractivity contribution is 5.71. The Kier molecular flexibility index (Phi) is 4.40. The summed E-state index contributed by atoms with van der Waals surface area (Å²) in [5.41, 5.74) is 5.84. The van der Waals surface area contributed by atoms with Crippen LogP contribution in [0.4, 0.5) is 0 Å². The minimum Gasteiger partial charge on any atom is -0.463 e. The lowest BCUT2D eigenvalue weighted by Crippen LogP contribution is -2.39. The molecular weight excluding hydrogens is 218 g/mol. The first-order chi connectivity index (χ1) is 8.18. The van der Waals surface area contributed by atoms with E-state index < -0.39 is 0 Å². The first-order valence-corrected chi connectivity index (χ1v) is 6.74.